The molecule has 0 bridgehead atoms. The minimum absolute atomic E-state index is 0.402. The molecule has 0 atom stereocenters. The monoisotopic (exact) mass is 246 g/mol. The number of aryl methyl sites for hydroxylation is 1. The highest BCUT2D eigenvalue weighted by Gasteiger charge is 2.17. The smallest absolute Gasteiger partial charge is 0.162 e. The van der Waals surface area contributed by atoms with Gasteiger partial charge in [-0.15, -0.1) is 0 Å². The SMILES string of the molecule is Cc1onc(-c2ccc3c(c2)OCCO3)c1CN. The van der Waals surface area contributed by atoms with Crippen molar-refractivity contribution in [1.29, 1.82) is 0 Å². The molecule has 0 amide bonds. The molecule has 2 aromatic rings. The quantitative estimate of drug-likeness (QED) is 0.876. The summed E-state index contributed by atoms with van der Waals surface area (Å²) in [6.45, 7) is 3.41. The molecule has 94 valence electrons. The topological polar surface area (TPSA) is 70.5 Å². The highest BCUT2D eigenvalue weighted by atomic mass is 16.6. The third-order valence-corrected chi connectivity index (χ3v) is 3.00. The van der Waals surface area contributed by atoms with Crippen molar-refractivity contribution in [2.45, 2.75) is 13.5 Å². The number of aromatic nitrogens is 1. The van der Waals surface area contributed by atoms with E-state index >= 15 is 0 Å². The number of rotatable bonds is 2. The number of benzene rings is 1. The molecule has 0 saturated heterocycles. The van der Waals surface area contributed by atoms with Crippen molar-refractivity contribution in [3.8, 4) is 22.8 Å². The molecular formula is C13H14N2O3. The van der Waals surface area contributed by atoms with Gasteiger partial charge in [0.25, 0.3) is 0 Å². The van der Waals surface area contributed by atoms with Gasteiger partial charge in [0.05, 0.1) is 0 Å². The van der Waals surface area contributed by atoms with Crippen molar-refractivity contribution in [2.75, 3.05) is 13.2 Å². The predicted molar refractivity (Wildman–Crippen MR) is 65.6 cm³/mol. The first kappa shape index (κ1) is 11.1. The van der Waals surface area contributed by atoms with Crippen molar-refractivity contribution in [3.05, 3.63) is 29.5 Å². The Morgan fingerprint density at radius 3 is 2.78 bits per heavy atom. The zero-order valence-corrected chi connectivity index (χ0v) is 10.1. The lowest BCUT2D eigenvalue weighted by molar-refractivity contribution is 0.171. The highest BCUT2D eigenvalue weighted by molar-refractivity contribution is 5.67. The van der Waals surface area contributed by atoms with Gasteiger partial charge in [-0.1, -0.05) is 5.16 Å². The van der Waals surface area contributed by atoms with Crippen LogP contribution in [0.25, 0.3) is 11.3 Å². The number of hydrogen-bond acceptors (Lipinski definition) is 5. The molecule has 0 unspecified atom stereocenters. The normalized spacial score (nSPS) is 13.7. The zero-order chi connectivity index (χ0) is 12.5. The van der Waals surface area contributed by atoms with Gasteiger partial charge in [0.2, 0.25) is 0 Å². The minimum atomic E-state index is 0.402. The molecule has 2 N–H and O–H groups in total. The van der Waals surface area contributed by atoms with E-state index < -0.39 is 0 Å². The molecule has 1 aromatic heterocycles. The highest BCUT2D eigenvalue weighted by Crippen LogP contribution is 2.35. The molecule has 0 radical (unpaired) electrons. The summed E-state index contributed by atoms with van der Waals surface area (Å²) in [5.74, 6) is 2.25. The molecule has 5 nitrogen and oxygen atoms in total. The summed E-state index contributed by atoms with van der Waals surface area (Å²) in [6.07, 6.45) is 0. The second-order valence-corrected chi connectivity index (χ2v) is 4.13. The Balaban J connectivity index is 2.06. The van der Waals surface area contributed by atoms with Gasteiger partial charge in [-0.05, 0) is 25.1 Å². The van der Waals surface area contributed by atoms with Crippen molar-refractivity contribution in [3.63, 3.8) is 0 Å². The summed E-state index contributed by atoms with van der Waals surface area (Å²) in [5.41, 5.74) is 8.34. The minimum Gasteiger partial charge on any atom is -0.486 e. The Kier molecular flexibility index (Phi) is 2.68. The van der Waals surface area contributed by atoms with Crippen LogP contribution < -0.4 is 15.2 Å². The standard InChI is InChI=1S/C13H14N2O3/c1-8-10(7-14)13(15-18-8)9-2-3-11-12(6-9)17-5-4-16-11/h2-3,6H,4-5,7,14H2,1H3. The molecule has 0 saturated carbocycles. The first-order valence-corrected chi connectivity index (χ1v) is 5.85. The summed E-state index contributed by atoms with van der Waals surface area (Å²) in [5, 5.41) is 4.05. The maximum atomic E-state index is 5.72. The maximum absolute atomic E-state index is 5.72. The predicted octanol–water partition coefficient (Wildman–Crippen LogP) is 1.88. The third-order valence-electron chi connectivity index (χ3n) is 3.00. The van der Waals surface area contributed by atoms with Gasteiger partial charge in [-0.25, -0.2) is 0 Å². The summed E-state index contributed by atoms with van der Waals surface area (Å²) in [4.78, 5) is 0. The van der Waals surface area contributed by atoms with Crippen LogP contribution in [-0.2, 0) is 6.54 Å². The van der Waals surface area contributed by atoms with Crippen molar-refractivity contribution in [2.24, 2.45) is 5.73 Å². The molecular weight excluding hydrogens is 232 g/mol. The molecule has 0 fully saturated rings. The first-order valence-electron chi connectivity index (χ1n) is 5.85. The second kappa shape index (κ2) is 4.34. The number of nitrogens with two attached hydrogens (primary N) is 1. The number of ether oxygens (including phenoxy) is 2. The molecule has 0 spiro atoms. The lowest BCUT2D eigenvalue weighted by Crippen LogP contribution is -2.15. The summed E-state index contributed by atoms with van der Waals surface area (Å²) < 4.78 is 16.2. The zero-order valence-electron chi connectivity index (χ0n) is 10.1. The van der Waals surface area contributed by atoms with E-state index in [2.05, 4.69) is 5.16 Å². The van der Waals surface area contributed by atoms with E-state index in [9.17, 15) is 0 Å². The van der Waals surface area contributed by atoms with Crippen LogP contribution >= 0.6 is 0 Å². The van der Waals surface area contributed by atoms with Gasteiger partial charge < -0.3 is 19.7 Å². The van der Waals surface area contributed by atoms with Crippen LogP contribution in [-0.4, -0.2) is 18.4 Å². The van der Waals surface area contributed by atoms with Crippen LogP contribution in [0.15, 0.2) is 22.7 Å². The van der Waals surface area contributed by atoms with Crippen LogP contribution in [0.3, 0.4) is 0 Å². The van der Waals surface area contributed by atoms with E-state index in [0.717, 1.165) is 34.1 Å². The van der Waals surface area contributed by atoms with Crippen LogP contribution in [0.5, 0.6) is 11.5 Å². The summed E-state index contributed by atoms with van der Waals surface area (Å²) in [6, 6.07) is 5.73. The molecule has 1 aliphatic heterocycles. The Morgan fingerprint density at radius 1 is 1.22 bits per heavy atom. The van der Waals surface area contributed by atoms with Crippen LogP contribution in [0.2, 0.25) is 0 Å². The van der Waals surface area contributed by atoms with E-state index in [1.807, 2.05) is 25.1 Å². The summed E-state index contributed by atoms with van der Waals surface area (Å²) >= 11 is 0. The van der Waals surface area contributed by atoms with E-state index in [4.69, 9.17) is 19.7 Å². The second-order valence-electron chi connectivity index (χ2n) is 4.13. The van der Waals surface area contributed by atoms with E-state index in [1.54, 1.807) is 0 Å². The maximum Gasteiger partial charge on any atom is 0.162 e. The Morgan fingerprint density at radius 2 is 2.00 bits per heavy atom. The molecule has 2 heterocycles. The van der Waals surface area contributed by atoms with Crippen molar-refractivity contribution >= 4 is 0 Å². The molecule has 5 heteroatoms. The Bertz CT molecular complexity index is 578. The van der Waals surface area contributed by atoms with Gasteiger partial charge in [0.1, 0.15) is 24.7 Å². The van der Waals surface area contributed by atoms with Crippen LogP contribution in [0.4, 0.5) is 0 Å². The van der Waals surface area contributed by atoms with Crippen LogP contribution in [0, 0.1) is 6.92 Å². The van der Waals surface area contributed by atoms with Crippen molar-refractivity contribution in [1.82, 2.24) is 5.16 Å². The number of nitrogens with zero attached hydrogens (tertiary/aromatic N) is 1. The largest absolute Gasteiger partial charge is 0.486 e. The Hall–Kier alpha value is -2.01. The lowest BCUT2D eigenvalue weighted by atomic mass is 10.1. The third kappa shape index (κ3) is 1.73. The summed E-state index contributed by atoms with van der Waals surface area (Å²) in [7, 11) is 0. The average Bonchev–Trinajstić information content (AvgIpc) is 2.79. The fourth-order valence-corrected chi connectivity index (χ4v) is 2.05. The first-order chi connectivity index (χ1) is 8.79. The molecule has 3 rings (SSSR count). The van der Waals surface area contributed by atoms with Gasteiger partial charge >= 0.3 is 0 Å². The molecule has 0 aliphatic carbocycles. The van der Waals surface area contributed by atoms with E-state index in [0.29, 0.717) is 19.8 Å². The number of fused-ring (bicyclic) bond motifs is 1. The lowest BCUT2D eigenvalue weighted by Gasteiger charge is -2.18. The molecule has 18 heavy (non-hydrogen) atoms. The van der Waals surface area contributed by atoms with Crippen LogP contribution in [0.1, 0.15) is 11.3 Å². The average molecular weight is 246 g/mol. The van der Waals surface area contributed by atoms with Crippen molar-refractivity contribution < 1.29 is 14.0 Å². The van der Waals surface area contributed by atoms with Gasteiger partial charge in [0, 0.05) is 17.7 Å². The van der Waals surface area contributed by atoms with Gasteiger partial charge in [-0.2, -0.15) is 0 Å². The number of hydrogen-bond donors (Lipinski definition) is 1. The Labute approximate surface area is 104 Å². The fourth-order valence-electron chi connectivity index (χ4n) is 2.05. The van der Waals surface area contributed by atoms with E-state index in [-0.39, 0.29) is 0 Å². The fraction of sp³-hybridized carbons (Fsp3) is 0.308. The van der Waals surface area contributed by atoms with Gasteiger partial charge in [0.15, 0.2) is 11.5 Å². The molecule has 1 aliphatic rings. The van der Waals surface area contributed by atoms with Gasteiger partial charge in [-0.3, -0.25) is 0 Å². The molecule has 1 aromatic carbocycles. The van der Waals surface area contributed by atoms with E-state index in [1.165, 1.54) is 0 Å².